The van der Waals surface area contributed by atoms with Gasteiger partial charge in [0.05, 0.1) is 11.5 Å². The van der Waals surface area contributed by atoms with E-state index < -0.39 is 5.82 Å². The molecular formula is C14H17BFN7O2. The van der Waals surface area contributed by atoms with Gasteiger partial charge in [0, 0.05) is 20.1 Å². The fourth-order valence-corrected chi connectivity index (χ4v) is 1.80. The minimum absolute atomic E-state index is 0.0395. The van der Waals surface area contributed by atoms with Crippen molar-refractivity contribution in [3.8, 4) is 0 Å². The number of hydrogen-bond acceptors (Lipinski definition) is 8. The number of nitrogens with zero attached hydrogens (tertiary/aromatic N) is 3. The number of benzene rings is 1. The fourth-order valence-electron chi connectivity index (χ4n) is 1.80. The van der Waals surface area contributed by atoms with E-state index in [9.17, 15) is 9.60 Å². The molecule has 9 nitrogen and oxygen atoms in total. The van der Waals surface area contributed by atoms with Gasteiger partial charge < -0.3 is 16.0 Å². The largest absolute Gasteiger partial charge is 0.375 e. The minimum Gasteiger partial charge on any atom is -0.375 e. The second-order valence-corrected chi connectivity index (χ2v) is 4.82. The summed E-state index contributed by atoms with van der Waals surface area (Å²) in [5, 5.41) is 25.6. The van der Waals surface area contributed by atoms with Crippen LogP contribution in [0.4, 0.5) is 15.9 Å². The Morgan fingerprint density at radius 1 is 1.40 bits per heavy atom. The molecule has 0 fully saturated rings. The number of anilines is 1. The number of halogens is 1. The molecule has 1 heterocycles. The van der Waals surface area contributed by atoms with E-state index in [0.29, 0.717) is 24.6 Å². The third-order valence-corrected chi connectivity index (χ3v) is 3.10. The second-order valence-electron chi connectivity index (χ2n) is 4.82. The lowest BCUT2D eigenvalue weighted by molar-refractivity contribution is 0.234. The summed E-state index contributed by atoms with van der Waals surface area (Å²) in [5.74, 6) is 0.349. The van der Waals surface area contributed by atoms with Gasteiger partial charge in [0.1, 0.15) is 13.7 Å². The molecule has 11 heteroatoms. The van der Waals surface area contributed by atoms with Gasteiger partial charge in [0.25, 0.3) is 0 Å². The maximum absolute atomic E-state index is 13.2. The molecular weight excluding hydrogens is 328 g/mol. The van der Waals surface area contributed by atoms with Crippen LogP contribution in [0.3, 0.4) is 0 Å². The van der Waals surface area contributed by atoms with Crippen LogP contribution in [-0.2, 0) is 0 Å². The molecule has 2 radical (unpaired) electrons. The van der Waals surface area contributed by atoms with E-state index in [2.05, 4.69) is 42.5 Å². The lowest BCUT2D eigenvalue weighted by atomic mass is 9.95. The lowest BCUT2D eigenvalue weighted by Crippen LogP contribution is -2.28. The van der Waals surface area contributed by atoms with Crippen molar-refractivity contribution in [3.05, 3.63) is 42.1 Å². The number of hydrogen-bond donors (Lipinski definition) is 5. The molecule has 0 atom stereocenters. The van der Waals surface area contributed by atoms with Crippen molar-refractivity contribution in [2.24, 2.45) is 4.99 Å². The summed E-state index contributed by atoms with van der Waals surface area (Å²) >= 11 is 0. The van der Waals surface area contributed by atoms with Crippen LogP contribution in [-0.4, -0.2) is 49.3 Å². The van der Waals surface area contributed by atoms with Gasteiger partial charge in [-0.25, -0.2) is 14.0 Å². The molecule has 0 unspecified atom stereocenters. The molecule has 1 aromatic heterocycles. The molecule has 0 saturated heterocycles. The average Bonchev–Trinajstić information content (AvgIpc) is 3.07. The van der Waals surface area contributed by atoms with Gasteiger partial charge in [0.2, 0.25) is 5.82 Å². The van der Waals surface area contributed by atoms with E-state index in [4.69, 9.17) is 7.85 Å². The second kappa shape index (κ2) is 8.69. The van der Waals surface area contributed by atoms with Crippen LogP contribution in [0, 0.1) is 5.82 Å². The lowest BCUT2D eigenvalue weighted by Gasteiger charge is -2.09. The van der Waals surface area contributed by atoms with E-state index >= 15 is 0 Å². The molecule has 0 aliphatic carbocycles. The fraction of sp³-hybridized carbons (Fsp3) is 0.214. The van der Waals surface area contributed by atoms with Crippen molar-refractivity contribution in [3.63, 3.8) is 0 Å². The summed E-state index contributed by atoms with van der Waals surface area (Å²) in [6.07, 6.45) is 0. The first-order valence-electron chi connectivity index (χ1n) is 7.26. The van der Waals surface area contributed by atoms with E-state index in [-0.39, 0.29) is 22.8 Å². The number of aliphatic imine (C=N–C) groups is 1. The highest BCUT2D eigenvalue weighted by atomic mass is 19.1. The SMILES string of the molecule is [B]c1cc(N=C(NO)c2nonc2NCCNC(=C)NC)ccc1F. The summed E-state index contributed by atoms with van der Waals surface area (Å²) < 4.78 is 17.9. The Kier molecular flexibility index (Phi) is 6.35. The van der Waals surface area contributed by atoms with Crippen molar-refractivity contribution in [2.75, 3.05) is 25.5 Å². The molecule has 5 N–H and O–H groups in total. The van der Waals surface area contributed by atoms with Gasteiger partial charge in [-0.1, -0.05) is 12.0 Å². The molecule has 2 aromatic rings. The number of rotatable bonds is 8. The first kappa shape index (κ1) is 18.3. The maximum atomic E-state index is 13.2. The van der Waals surface area contributed by atoms with Crippen LogP contribution in [0.15, 0.2) is 40.2 Å². The van der Waals surface area contributed by atoms with Gasteiger partial charge in [-0.2, -0.15) is 0 Å². The van der Waals surface area contributed by atoms with E-state index in [1.54, 1.807) is 7.05 Å². The Labute approximate surface area is 144 Å². The Morgan fingerprint density at radius 3 is 2.88 bits per heavy atom. The highest BCUT2D eigenvalue weighted by molar-refractivity contribution is 6.32. The predicted octanol–water partition coefficient (Wildman–Crippen LogP) is -0.248. The predicted molar refractivity (Wildman–Crippen MR) is 91.9 cm³/mol. The monoisotopic (exact) mass is 345 g/mol. The van der Waals surface area contributed by atoms with Crippen molar-refractivity contribution in [1.82, 2.24) is 26.4 Å². The van der Waals surface area contributed by atoms with Crippen LogP contribution in [0.25, 0.3) is 0 Å². The normalized spacial score (nSPS) is 11.1. The zero-order valence-electron chi connectivity index (χ0n) is 13.5. The van der Waals surface area contributed by atoms with Crippen LogP contribution >= 0.6 is 0 Å². The Morgan fingerprint density at radius 2 is 2.20 bits per heavy atom. The topological polar surface area (TPSA) is 120 Å². The molecule has 0 spiro atoms. The van der Waals surface area contributed by atoms with Gasteiger partial charge in [-0.15, -0.1) is 0 Å². The number of amidine groups is 1. The van der Waals surface area contributed by atoms with E-state index in [0.717, 1.165) is 0 Å². The highest BCUT2D eigenvalue weighted by Gasteiger charge is 2.16. The third-order valence-electron chi connectivity index (χ3n) is 3.10. The number of aromatic nitrogens is 2. The molecule has 2 rings (SSSR count). The quantitative estimate of drug-likeness (QED) is 0.146. The summed E-state index contributed by atoms with van der Waals surface area (Å²) in [4.78, 5) is 4.12. The summed E-state index contributed by atoms with van der Waals surface area (Å²) in [7, 11) is 7.25. The molecule has 130 valence electrons. The zero-order valence-corrected chi connectivity index (χ0v) is 13.5. The number of nitrogens with one attached hydrogen (secondary N) is 4. The summed E-state index contributed by atoms with van der Waals surface area (Å²) in [6, 6.07) is 3.89. The van der Waals surface area contributed by atoms with Crippen molar-refractivity contribution in [2.45, 2.75) is 0 Å². The van der Waals surface area contributed by atoms with E-state index in [1.807, 2.05) is 5.48 Å². The van der Waals surface area contributed by atoms with Crippen LogP contribution < -0.4 is 26.9 Å². The summed E-state index contributed by atoms with van der Waals surface area (Å²) in [6.45, 7) is 4.76. The van der Waals surface area contributed by atoms with Gasteiger partial charge in [-0.3, -0.25) is 10.7 Å². The molecule has 0 aliphatic rings. The summed E-state index contributed by atoms with van der Waals surface area (Å²) in [5.41, 5.74) is 2.32. The van der Waals surface area contributed by atoms with Crippen LogP contribution in [0.2, 0.25) is 0 Å². The standard InChI is InChI=1S/C14H17BFN7O2/c1-8(17-2)18-5-6-19-13-12(22-25-23-13)14(21-24)20-9-3-4-11(16)10(15)7-9/h3-4,7,17-18,24H,1,5-6H2,2H3,(H,19,23)(H,20,21). The first-order chi connectivity index (χ1) is 12.0. The third kappa shape index (κ3) is 4.95. The van der Waals surface area contributed by atoms with Gasteiger partial charge in [-0.05, 0) is 28.5 Å². The van der Waals surface area contributed by atoms with Crippen LogP contribution in [0.5, 0.6) is 0 Å². The van der Waals surface area contributed by atoms with Crippen molar-refractivity contribution < 1.29 is 14.2 Å². The molecule has 0 amide bonds. The Balaban J connectivity index is 2.10. The molecule has 0 saturated carbocycles. The minimum atomic E-state index is -0.557. The Hall–Kier alpha value is -3.08. The highest BCUT2D eigenvalue weighted by Crippen LogP contribution is 2.15. The van der Waals surface area contributed by atoms with Gasteiger partial charge in [0.15, 0.2) is 11.5 Å². The molecule has 25 heavy (non-hydrogen) atoms. The Bertz CT molecular complexity index is 765. The molecule has 0 bridgehead atoms. The van der Waals surface area contributed by atoms with Gasteiger partial charge >= 0.3 is 0 Å². The molecule has 1 aromatic carbocycles. The van der Waals surface area contributed by atoms with Crippen molar-refractivity contribution in [1.29, 1.82) is 0 Å². The number of hydroxylamine groups is 1. The smallest absolute Gasteiger partial charge is 0.202 e. The van der Waals surface area contributed by atoms with E-state index in [1.165, 1.54) is 18.2 Å². The average molecular weight is 345 g/mol. The molecule has 0 aliphatic heterocycles. The maximum Gasteiger partial charge on any atom is 0.202 e. The van der Waals surface area contributed by atoms with Crippen molar-refractivity contribution >= 4 is 30.6 Å². The van der Waals surface area contributed by atoms with Crippen LogP contribution in [0.1, 0.15) is 5.69 Å². The first-order valence-corrected chi connectivity index (χ1v) is 7.26. The zero-order chi connectivity index (χ0) is 18.2.